The van der Waals surface area contributed by atoms with Crippen LogP contribution in [0.1, 0.15) is 16.3 Å². The van der Waals surface area contributed by atoms with Crippen LogP contribution in [0.2, 0.25) is 0 Å². The van der Waals surface area contributed by atoms with E-state index in [0.717, 1.165) is 69.4 Å². The molecule has 0 bridgehead atoms. The van der Waals surface area contributed by atoms with Crippen molar-refractivity contribution in [2.75, 3.05) is 42.1 Å². The van der Waals surface area contributed by atoms with Crippen molar-refractivity contribution >= 4 is 66.9 Å². The number of anilines is 4. The highest BCUT2D eigenvalue weighted by molar-refractivity contribution is 7.22. The maximum atomic E-state index is 5.79. The van der Waals surface area contributed by atoms with Crippen molar-refractivity contribution in [3.05, 3.63) is 46.7 Å². The van der Waals surface area contributed by atoms with Crippen LogP contribution in [0.5, 0.6) is 0 Å². The molecule has 0 aliphatic carbocycles. The molecule has 158 valence electrons. The Balaban J connectivity index is 1.30. The smallest absolute Gasteiger partial charge is 0.188 e. The summed E-state index contributed by atoms with van der Waals surface area (Å²) in [4.78, 5) is 21.3. The van der Waals surface area contributed by atoms with Crippen LogP contribution in [0.3, 0.4) is 0 Å². The zero-order valence-corrected chi connectivity index (χ0v) is 18.6. The van der Waals surface area contributed by atoms with Gasteiger partial charge in [0.25, 0.3) is 0 Å². The van der Waals surface area contributed by atoms with Crippen molar-refractivity contribution in [1.29, 1.82) is 0 Å². The Morgan fingerprint density at radius 2 is 1.97 bits per heavy atom. The fourth-order valence-electron chi connectivity index (χ4n) is 3.44. The van der Waals surface area contributed by atoms with E-state index in [2.05, 4.69) is 53.7 Å². The summed E-state index contributed by atoms with van der Waals surface area (Å²) in [6, 6.07) is 8.13. The van der Waals surface area contributed by atoms with Crippen LogP contribution in [0.25, 0.3) is 22.4 Å². The number of aromatic nitrogens is 4. The molecule has 0 amide bonds. The van der Waals surface area contributed by atoms with Crippen LogP contribution < -0.4 is 21.3 Å². The highest BCUT2D eigenvalue weighted by Crippen LogP contribution is 2.27. The number of thiazole rings is 2. The largest absolute Gasteiger partial charge is 0.375 e. The predicted octanol–water partition coefficient (Wildman–Crippen LogP) is 3.76. The molecule has 4 N–H and O–H groups in total. The van der Waals surface area contributed by atoms with Crippen LogP contribution in [0.4, 0.5) is 21.9 Å². The molecule has 4 heterocycles. The molecule has 0 spiro atoms. The average Bonchev–Trinajstić information content (AvgIpc) is 3.37. The number of benzene rings is 1. The molecule has 0 atom stereocenters. The Labute approximate surface area is 187 Å². The van der Waals surface area contributed by atoms with Gasteiger partial charge in [-0.05, 0) is 30.7 Å². The molecular formula is C21H22N8S2. The highest BCUT2D eigenvalue weighted by Gasteiger charge is 2.14. The van der Waals surface area contributed by atoms with E-state index in [4.69, 9.17) is 5.73 Å². The van der Waals surface area contributed by atoms with Gasteiger partial charge in [0.15, 0.2) is 10.3 Å². The number of hydrogen-bond donors (Lipinski definition) is 3. The minimum atomic E-state index is 0.592. The van der Waals surface area contributed by atoms with Crippen molar-refractivity contribution in [1.82, 2.24) is 25.3 Å². The first kappa shape index (κ1) is 19.9. The molecule has 0 radical (unpaired) electrons. The molecule has 3 aromatic heterocycles. The molecule has 1 aliphatic rings. The minimum absolute atomic E-state index is 0.592. The second kappa shape index (κ2) is 8.58. The first-order valence-corrected chi connectivity index (χ1v) is 11.6. The Kier molecular flexibility index (Phi) is 5.49. The van der Waals surface area contributed by atoms with E-state index in [1.54, 1.807) is 11.3 Å². The number of hydrogen-bond acceptors (Lipinski definition) is 10. The first-order chi connectivity index (χ1) is 15.1. The molecule has 31 heavy (non-hydrogen) atoms. The van der Waals surface area contributed by atoms with Crippen molar-refractivity contribution in [3.63, 3.8) is 0 Å². The second-order valence-corrected chi connectivity index (χ2v) is 9.33. The van der Waals surface area contributed by atoms with Crippen LogP contribution in [0, 0.1) is 6.92 Å². The van der Waals surface area contributed by atoms with E-state index in [9.17, 15) is 0 Å². The summed E-state index contributed by atoms with van der Waals surface area (Å²) in [5.41, 5.74) is 7.83. The van der Waals surface area contributed by atoms with Crippen LogP contribution in [-0.2, 0) is 0 Å². The van der Waals surface area contributed by atoms with Gasteiger partial charge in [-0.3, -0.25) is 0 Å². The number of piperazine rings is 1. The highest BCUT2D eigenvalue weighted by atomic mass is 32.1. The summed E-state index contributed by atoms with van der Waals surface area (Å²) in [7, 11) is 0. The lowest BCUT2D eigenvalue weighted by Crippen LogP contribution is -2.44. The number of rotatable bonds is 5. The van der Waals surface area contributed by atoms with Crippen molar-refractivity contribution < 1.29 is 0 Å². The molecule has 10 heteroatoms. The van der Waals surface area contributed by atoms with Crippen LogP contribution in [-0.4, -0.2) is 46.1 Å². The summed E-state index contributed by atoms with van der Waals surface area (Å²) >= 11 is 3.08. The summed E-state index contributed by atoms with van der Waals surface area (Å²) in [6.07, 6.45) is 5.99. The third-order valence-electron chi connectivity index (χ3n) is 4.89. The zero-order valence-electron chi connectivity index (χ0n) is 17.0. The van der Waals surface area contributed by atoms with Gasteiger partial charge in [-0.25, -0.2) is 19.9 Å². The Morgan fingerprint density at radius 3 is 2.84 bits per heavy atom. The van der Waals surface area contributed by atoms with E-state index in [1.807, 2.05) is 31.3 Å². The lowest BCUT2D eigenvalue weighted by molar-refractivity contribution is 0.584. The average molecular weight is 451 g/mol. The van der Waals surface area contributed by atoms with Gasteiger partial charge in [0.1, 0.15) is 17.5 Å². The fraction of sp³-hybridized carbons (Fsp3) is 0.238. The van der Waals surface area contributed by atoms with E-state index in [1.165, 1.54) is 11.3 Å². The number of aryl methyl sites for hydroxylation is 1. The van der Waals surface area contributed by atoms with Gasteiger partial charge in [-0.1, -0.05) is 34.8 Å². The van der Waals surface area contributed by atoms with Gasteiger partial charge in [0.05, 0.1) is 10.2 Å². The Bertz CT molecular complexity index is 1240. The summed E-state index contributed by atoms with van der Waals surface area (Å²) < 4.78 is 1.09. The number of nitrogens with zero attached hydrogens (tertiary/aromatic N) is 5. The monoisotopic (exact) mass is 450 g/mol. The van der Waals surface area contributed by atoms with Gasteiger partial charge in [0, 0.05) is 43.3 Å². The Hall–Kier alpha value is -3.08. The molecule has 1 aliphatic heterocycles. The molecule has 0 saturated carbocycles. The number of nitrogen functional groups attached to an aromatic ring is 1. The van der Waals surface area contributed by atoms with E-state index >= 15 is 0 Å². The van der Waals surface area contributed by atoms with Gasteiger partial charge in [0.2, 0.25) is 0 Å². The SMILES string of the molecule is Cc1nc(Nc2ncc(C=Cc3ccc4nc(N)sc4c3)s2)cc(N2CCNCC2)n1. The molecule has 8 nitrogen and oxygen atoms in total. The topological polar surface area (TPSA) is 105 Å². The van der Waals surface area contributed by atoms with Gasteiger partial charge in [-0.2, -0.15) is 0 Å². The van der Waals surface area contributed by atoms with Crippen molar-refractivity contribution in [2.24, 2.45) is 0 Å². The molecule has 0 unspecified atom stereocenters. The lowest BCUT2D eigenvalue weighted by atomic mass is 10.2. The fourth-order valence-corrected chi connectivity index (χ4v) is 4.95. The number of nitrogens with one attached hydrogen (secondary N) is 2. The van der Waals surface area contributed by atoms with E-state index in [-0.39, 0.29) is 0 Å². The first-order valence-electron chi connectivity index (χ1n) is 10.0. The molecular weight excluding hydrogens is 428 g/mol. The summed E-state index contributed by atoms with van der Waals surface area (Å²) in [5, 5.41) is 8.09. The third-order valence-corrected chi connectivity index (χ3v) is 6.62. The standard InChI is InChI=1S/C21H22N8S2/c1-13-25-18(11-19(26-13)29-8-6-23-7-9-29)28-21-24-12-15(30-21)4-2-14-3-5-16-17(10-14)31-20(22)27-16/h2-5,10-12,23H,6-9H2,1H3,(H2,22,27)(H,24,25,26,28). The molecule has 4 aromatic rings. The van der Waals surface area contributed by atoms with Crippen molar-refractivity contribution in [2.45, 2.75) is 6.92 Å². The normalized spacial score (nSPS) is 14.5. The van der Waals surface area contributed by atoms with Crippen molar-refractivity contribution in [3.8, 4) is 0 Å². The number of fused-ring (bicyclic) bond motifs is 1. The lowest BCUT2D eigenvalue weighted by Gasteiger charge is -2.28. The zero-order chi connectivity index (χ0) is 21.2. The van der Waals surface area contributed by atoms with Gasteiger partial charge < -0.3 is 21.3 Å². The van der Waals surface area contributed by atoms with E-state index in [0.29, 0.717) is 5.13 Å². The summed E-state index contributed by atoms with van der Waals surface area (Å²) in [6.45, 7) is 5.75. The Morgan fingerprint density at radius 1 is 1.10 bits per heavy atom. The quantitative estimate of drug-likeness (QED) is 0.422. The minimum Gasteiger partial charge on any atom is -0.375 e. The number of nitrogens with two attached hydrogens (primary N) is 1. The molecule has 1 aromatic carbocycles. The maximum absolute atomic E-state index is 5.79. The van der Waals surface area contributed by atoms with Gasteiger partial charge in [-0.15, -0.1) is 0 Å². The van der Waals surface area contributed by atoms with Crippen LogP contribution >= 0.6 is 22.7 Å². The second-order valence-electron chi connectivity index (χ2n) is 7.20. The molecule has 1 fully saturated rings. The molecule has 1 saturated heterocycles. The van der Waals surface area contributed by atoms with E-state index < -0.39 is 0 Å². The van der Waals surface area contributed by atoms with Gasteiger partial charge >= 0.3 is 0 Å². The van der Waals surface area contributed by atoms with Crippen LogP contribution in [0.15, 0.2) is 30.5 Å². The third kappa shape index (κ3) is 4.66. The maximum Gasteiger partial charge on any atom is 0.188 e. The summed E-state index contributed by atoms with van der Waals surface area (Å²) in [5.74, 6) is 2.46. The predicted molar refractivity (Wildman–Crippen MR) is 130 cm³/mol. The molecule has 5 rings (SSSR count).